The standard InChI is InChI=1S/C23H24N2O4/c26-20-16-3-1-2-4-17(16)21(27)24(20)14-7-9-15(10-8-14)25-22(28)18-12-5-6-13(11-12)19(18)23(25)29/h7-10,12-13,16-19H,1-6,11H2/t12-,13-,16-,17+,18-,19-/m0/s1. The van der Waals surface area contributed by atoms with Crippen LogP contribution in [0.3, 0.4) is 0 Å². The third-order valence-electron chi connectivity index (χ3n) is 8.13. The van der Waals surface area contributed by atoms with Gasteiger partial charge in [0.15, 0.2) is 0 Å². The second kappa shape index (κ2) is 6.00. The predicted molar refractivity (Wildman–Crippen MR) is 105 cm³/mol. The molecule has 6 nitrogen and oxygen atoms in total. The molecule has 6 rings (SSSR count). The molecule has 0 aromatic heterocycles. The summed E-state index contributed by atoms with van der Waals surface area (Å²) < 4.78 is 0. The number of carbonyl (C=O) groups is 4. The smallest absolute Gasteiger partial charge is 0.237 e. The van der Waals surface area contributed by atoms with Crippen molar-refractivity contribution in [3.8, 4) is 0 Å². The third-order valence-corrected chi connectivity index (χ3v) is 8.13. The molecule has 150 valence electrons. The van der Waals surface area contributed by atoms with E-state index >= 15 is 0 Å². The maximum Gasteiger partial charge on any atom is 0.237 e. The molecule has 0 radical (unpaired) electrons. The molecule has 4 amide bonds. The zero-order valence-corrected chi connectivity index (χ0v) is 16.3. The van der Waals surface area contributed by atoms with Gasteiger partial charge in [0.05, 0.1) is 35.0 Å². The highest BCUT2D eigenvalue weighted by Gasteiger charge is 2.61. The average molecular weight is 392 g/mol. The van der Waals surface area contributed by atoms with Crippen LogP contribution >= 0.6 is 0 Å². The summed E-state index contributed by atoms with van der Waals surface area (Å²) in [5.74, 6) is -0.309. The topological polar surface area (TPSA) is 74.8 Å². The molecule has 29 heavy (non-hydrogen) atoms. The summed E-state index contributed by atoms with van der Waals surface area (Å²) in [4.78, 5) is 54.2. The fraction of sp³-hybridized carbons (Fsp3) is 0.565. The highest BCUT2D eigenvalue weighted by molar-refractivity contribution is 6.24. The van der Waals surface area contributed by atoms with Gasteiger partial charge in [-0.3, -0.25) is 29.0 Å². The van der Waals surface area contributed by atoms with Gasteiger partial charge in [0.25, 0.3) is 0 Å². The predicted octanol–water partition coefficient (Wildman–Crippen LogP) is 2.90. The van der Waals surface area contributed by atoms with Gasteiger partial charge in [0, 0.05) is 0 Å². The van der Waals surface area contributed by atoms with Crippen molar-refractivity contribution >= 4 is 35.0 Å². The molecule has 1 aromatic rings. The molecule has 0 spiro atoms. The molecule has 5 fully saturated rings. The van der Waals surface area contributed by atoms with Crippen molar-refractivity contribution in [3.63, 3.8) is 0 Å². The van der Waals surface area contributed by atoms with Crippen LogP contribution in [0, 0.1) is 35.5 Å². The zero-order chi connectivity index (χ0) is 19.9. The molecule has 6 atom stereocenters. The normalized spacial score (nSPS) is 38.2. The van der Waals surface area contributed by atoms with Crippen LogP contribution < -0.4 is 9.80 Å². The molecule has 5 aliphatic rings. The minimum absolute atomic E-state index is 0.0701. The lowest BCUT2D eigenvalue weighted by Crippen LogP contribution is -2.33. The Morgan fingerprint density at radius 3 is 1.45 bits per heavy atom. The Morgan fingerprint density at radius 2 is 1.00 bits per heavy atom. The number of amides is 4. The fourth-order valence-corrected chi connectivity index (χ4v) is 6.83. The van der Waals surface area contributed by atoms with Gasteiger partial charge in [0.1, 0.15) is 0 Å². The van der Waals surface area contributed by atoms with Crippen molar-refractivity contribution in [1.82, 2.24) is 0 Å². The number of carbonyl (C=O) groups excluding carboxylic acids is 4. The summed E-state index contributed by atoms with van der Waals surface area (Å²) in [6, 6.07) is 6.81. The summed E-state index contributed by atoms with van der Waals surface area (Å²) >= 11 is 0. The second-order valence-corrected chi connectivity index (χ2v) is 9.42. The quantitative estimate of drug-likeness (QED) is 0.726. The van der Waals surface area contributed by atoms with Crippen LogP contribution in [0.25, 0.3) is 0 Å². The summed E-state index contributed by atoms with van der Waals surface area (Å²) in [6.07, 6.45) is 6.68. The maximum atomic E-state index is 13.0. The van der Waals surface area contributed by atoms with E-state index in [0.29, 0.717) is 23.2 Å². The van der Waals surface area contributed by atoms with E-state index in [-0.39, 0.29) is 47.3 Å². The van der Waals surface area contributed by atoms with Gasteiger partial charge in [-0.15, -0.1) is 0 Å². The van der Waals surface area contributed by atoms with Crippen LogP contribution in [0.4, 0.5) is 11.4 Å². The molecular weight excluding hydrogens is 368 g/mol. The molecule has 3 aliphatic carbocycles. The number of anilines is 2. The largest absolute Gasteiger partial charge is 0.274 e. The molecule has 6 heteroatoms. The van der Waals surface area contributed by atoms with Gasteiger partial charge < -0.3 is 0 Å². The lowest BCUT2D eigenvalue weighted by Gasteiger charge is -2.19. The van der Waals surface area contributed by atoms with Gasteiger partial charge in [-0.2, -0.15) is 0 Å². The minimum atomic E-state index is -0.187. The Labute approximate surface area is 169 Å². The third kappa shape index (κ3) is 2.23. The Morgan fingerprint density at radius 1 is 0.586 bits per heavy atom. The first-order valence-corrected chi connectivity index (χ1v) is 10.9. The van der Waals surface area contributed by atoms with E-state index in [9.17, 15) is 19.2 Å². The molecule has 2 aliphatic heterocycles. The van der Waals surface area contributed by atoms with Crippen molar-refractivity contribution in [2.45, 2.75) is 44.9 Å². The summed E-state index contributed by atoms with van der Waals surface area (Å²) in [5, 5.41) is 0. The van der Waals surface area contributed by atoms with E-state index in [1.165, 1.54) is 9.80 Å². The second-order valence-electron chi connectivity index (χ2n) is 9.42. The van der Waals surface area contributed by atoms with Gasteiger partial charge in [-0.25, -0.2) is 0 Å². The van der Waals surface area contributed by atoms with Crippen LogP contribution in [0.15, 0.2) is 24.3 Å². The van der Waals surface area contributed by atoms with Crippen LogP contribution in [0.2, 0.25) is 0 Å². The van der Waals surface area contributed by atoms with Crippen molar-refractivity contribution in [1.29, 1.82) is 0 Å². The van der Waals surface area contributed by atoms with E-state index in [1.807, 2.05) is 0 Å². The van der Waals surface area contributed by atoms with Crippen LogP contribution in [-0.4, -0.2) is 23.6 Å². The molecule has 0 unspecified atom stereocenters. The van der Waals surface area contributed by atoms with Crippen molar-refractivity contribution in [3.05, 3.63) is 24.3 Å². The Kier molecular flexibility index (Phi) is 3.59. The summed E-state index contributed by atoms with van der Waals surface area (Å²) in [6.45, 7) is 0. The van der Waals surface area contributed by atoms with Crippen LogP contribution in [0.5, 0.6) is 0 Å². The average Bonchev–Trinajstić information content (AvgIpc) is 3.47. The van der Waals surface area contributed by atoms with Gasteiger partial charge in [0.2, 0.25) is 23.6 Å². The summed E-state index contributed by atoms with van der Waals surface area (Å²) in [7, 11) is 0. The number of hydrogen-bond donors (Lipinski definition) is 0. The highest BCUT2D eigenvalue weighted by Crippen LogP contribution is 2.56. The number of hydrogen-bond acceptors (Lipinski definition) is 4. The first kappa shape index (κ1) is 17.4. The van der Waals surface area contributed by atoms with Crippen molar-refractivity contribution in [2.75, 3.05) is 9.80 Å². The molecule has 2 bridgehead atoms. The number of benzene rings is 1. The number of fused-ring (bicyclic) bond motifs is 6. The van der Waals surface area contributed by atoms with Crippen LogP contribution in [-0.2, 0) is 19.2 Å². The van der Waals surface area contributed by atoms with E-state index in [0.717, 1.165) is 44.9 Å². The Balaban J connectivity index is 1.28. The molecule has 2 heterocycles. The first-order valence-electron chi connectivity index (χ1n) is 10.9. The van der Waals surface area contributed by atoms with Gasteiger partial charge >= 0.3 is 0 Å². The van der Waals surface area contributed by atoms with Crippen molar-refractivity contribution in [2.24, 2.45) is 35.5 Å². The maximum absolute atomic E-state index is 13.0. The van der Waals surface area contributed by atoms with E-state index in [4.69, 9.17) is 0 Å². The van der Waals surface area contributed by atoms with Gasteiger partial charge in [-0.1, -0.05) is 12.8 Å². The molecule has 1 aromatic carbocycles. The lowest BCUT2D eigenvalue weighted by molar-refractivity contribution is -0.124. The number of rotatable bonds is 2. The summed E-state index contributed by atoms with van der Waals surface area (Å²) in [5.41, 5.74) is 1.09. The minimum Gasteiger partial charge on any atom is -0.274 e. The van der Waals surface area contributed by atoms with Crippen LogP contribution in [0.1, 0.15) is 44.9 Å². The zero-order valence-electron chi connectivity index (χ0n) is 16.3. The highest BCUT2D eigenvalue weighted by atomic mass is 16.2. The van der Waals surface area contributed by atoms with E-state index in [1.54, 1.807) is 24.3 Å². The number of nitrogens with zero attached hydrogens (tertiary/aromatic N) is 2. The first-order chi connectivity index (χ1) is 14.1. The molecule has 3 saturated carbocycles. The van der Waals surface area contributed by atoms with Crippen molar-refractivity contribution < 1.29 is 19.2 Å². The molecule has 0 N–H and O–H groups in total. The van der Waals surface area contributed by atoms with E-state index < -0.39 is 0 Å². The van der Waals surface area contributed by atoms with Gasteiger partial charge in [-0.05, 0) is 68.2 Å². The fourth-order valence-electron chi connectivity index (χ4n) is 6.83. The van der Waals surface area contributed by atoms with E-state index in [2.05, 4.69) is 0 Å². The Hall–Kier alpha value is -2.50. The SMILES string of the molecule is O=C1[C@H]2[C@H]3CC[C@@H](C3)[C@@H]2C(=O)N1c1ccc(N2C(=O)[C@H]3CCCC[C@H]3C2=O)cc1. The monoisotopic (exact) mass is 392 g/mol. The number of imide groups is 2. The molecule has 2 saturated heterocycles. The molecular formula is C23H24N2O4. The lowest BCUT2D eigenvalue weighted by atomic mass is 9.81. The Bertz CT molecular complexity index is 887.